The topological polar surface area (TPSA) is 81.2 Å². The number of anilines is 3. The molecule has 0 unspecified atom stereocenters. The highest BCUT2D eigenvalue weighted by Gasteiger charge is 2.20. The van der Waals surface area contributed by atoms with E-state index in [1.165, 1.54) is 38.5 Å². The molecule has 3 rings (SSSR count). The molecule has 0 aromatic carbocycles. The molecule has 8 nitrogen and oxygen atoms in total. The molecule has 2 fully saturated rings. The van der Waals surface area contributed by atoms with Crippen molar-refractivity contribution in [1.82, 2.24) is 25.7 Å². The standard InChI is InChI=1S/C15H26N8S/c1-16-15(24)21-20-12-17-13(22-8-4-2-5-9-22)19-14(18-12)23-10-6-3-7-11-23/h2-11H2,1H3,(H2,16,21,24)(H,17,18,19,20). The molecule has 0 atom stereocenters. The fraction of sp³-hybridized carbons (Fsp3) is 0.733. The number of hydrogen-bond donors (Lipinski definition) is 3. The van der Waals surface area contributed by atoms with Crippen molar-refractivity contribution in [2.45, 2.75) is 38.5 Å². The fourth-order valence-electron chi connectivity index (χ4n) is 3.06. The Hall–Kier alpha value is -1.90. The van der Waals surface area contributed by atoms with Crippen molar-refractivity contribution in [2.75, 3.05) is 48.5 Å². The molecular formula is C15H26N8S. The van der Waals surface area contributed by atoms with Crippen LogP contribution in [0.1, 0.15) is 38.5 Å². The van der Waals surface area contributed by atoms with Gasteiger partial charge in [-0.25, -0.2) is 0 Å². The first kappa shape index (κ1) is 16.9. The van der Waals surface area contributed by atoms with Crippen molar-refractivity contribution in [1.29, 1.82) is 0 Å². The van der Waals surface area contributed by atoms with E-state index in [0.29, 0.717) is 11.1 Å². The molecular weight excluding hydrogens is 324 g/mol. The first-order valence-electron chi connectivity index (χ1n) is 8.76. The second-order valence-corrected chi connectivity index (χ2v) is 6.59. The van der Waals surface area contributed by atoms with Gasteiger partial charge in [0.1, 0.15) is 0 Å². The third-order valence-electron chi connectivity index (χ3n) is 4.40. The van der Waals surface area contributed by atoms with Crippen LogP contribution in [0.5, 0.6) is 0 Å². The number of aromatic nitrogens is 3. The zero-order valence-corrected chi connectivity index (χ0v) is 15.0. The molecule has 1 aromatic rings. The van der Waals surface area contributed by atoms with E-state index in [0.717, 1.165) is 38.1 Å². The third-order valence-corrected chi connectivity index (χ3v) is 4.71. The lowest BCUT2D eigenvalue weighted by atomic mass is 10.1. The van der Waals surface area contributed by atoms with Crippen molar-refractivity contribution in [2.24, 2.45) is 0 Å². The van der Waals surface area contributed by atoms with Crippen LogP contribution in [0.3, 0.4) is 0 Å². The SMILES string of the molecule is CNC(=S)NNc1nc(N2CCCCC2)nc(N2CCCCC2)n1. The van der Waals surface area contributed by atoms with Gasteiger partial charge in [-0.2, -0.15) is 15.0 Å². The van der Waals surface area contributed by atoms with E-state index in [2.05, 4.69) is 35.9 Å². The van der Waals surface area contributed by atoms with Gasteiger partial charge >= 0.3 is 0 Å². The van der Waals surface area contributed by atoms with Crippen LogP contribution in [0, 0.1) is 0 Å². The Labute approximate surface area is 148 Å². The maximum atomic E-state index is 5.09. The molecule has 9 heteroatoms. The Bertz CT molecular complexity index is 518. The number of thiocarbonyl (C=S) groups is 1. The van der Waals surface area contributed by atoms with E-state index in [-0.39, 0.29) is 0 Å². The summed E-state index contributed by atoms with van der Waals surface area (Å²) in [6, 6.07) is 0. The quantitative estimate of drug-likeness (QED) is 0.549. The van der Waals surface area contributed by atoms with E-state index >= 15 is 0 Å². The van der Waals surface area contributed by atoms with E-state index in [4.69, 9.17) is 17.2 Å². The summed E-state index contributed by atoms with van der Waals surface area (Å²) in [5.41, 5.74) is 5.87. The Kier molecular flexibility index (Phi) is 5.84. The maximum Gasteiger partial charge on any atom is 0.248 e. The number of nitrogens with one attached hydrogen (secondary N) is 3. The largest absolute Gasteiger partial charge is 0.364 e. The molecule has 3 N–H and O–H groups in total. The Balaban J connectivity index is 1.81. The summed E-state index contributed by atoms with van der Waals surface area (Å²) in [6.07, 6.45) is 7.32. The van der Waals surface area contributed by atoms with Crippen LogP contribution in [-0.4, -0.2) is 53.3 Å². The van der Waals surface area contributed by atoms with E-state index in [1.807, 2.05) is 0 Å². The van der Waals surface area contributed by atoms with Gasteiger partial charge in [0.05, 0.1) is 0 Å². The van der Waals surface area contributed by atoms with Gasteiger partial charge in [0, 0.05) is 33.2 Å². The zero-order valence-electron chi connectivity index (χ0n) is 14.2. The van der Waals surface area contributed by atoms with Gasteiger partial charge < -0.3 is 15.1 Å². The Morgan fingerprint density at radius 1 is 0.833 bits per heavy atom. The summed E-state index contributed by atoms with van der Waals surface area (Å²) in [7, 11) is 1.77. The van der Waals surface area contributed by atoms with Gasteiger partial charge in [0.2, 0.25) is 17.8 Å². The molecule has 0 spiro atoms. The monoisotopic (exact) mass is 350 g/mol. The number of nitrogens with zero attached hydrogens (tertiary/aromatic N) is 5. The van der Waals surface area contributed by atoms with Crippen molar-refractivity contribution >= 4 is 35.2 Å². The molecule has 132 valence electrons. The van der Waals surface area contributed by atoms with Crippen LogP contribution in [-0.2, 0) is 0 Å². The second-order valence-electron chi connectivity index (χ2n) is 6.18. The van der Waals surface area contributed by atoms with Crippen molar-refractivity contribution in [3.05, 3.63) is 0 Å². The van der Waals surface area contributed by atoms with Gasteiger partial charge in [0.15, 0.2) is 5.11 Å². The molecule has 2 saturated heterocycles. The normalized spacial score (nSPS) is 18.2. The summed E-state index contributed by atoms with van der Waals surface area (Å²) < 4.78 is 0. The average Bonchev–Trinajstić information content (AvgIpc) is 2.67. The van der Waals surface area contributed by atoms with Gasteiger partial charge in [-0.3, -0.25) is 10.9 Å². The molecule has 0 bridgehead atoms. The Morgan fingerprint density at radius 3 is 1.79 bits per heavy atom. The van der Waals surface area contributed by atoms with E-state index in [9.17, 15) is 0 Å². The van der Waals surface area contributed by atoms with Crippen LogP contribution in [0.25, 0.3) is 0 Å². The lowest BCUT2D eigenvalue weighted by molar-refractivity contribution is 0.556. The molecule has 1 aromatic heterocycles. The molecule has 2 aliphatic heterocycles. The minimum atomic E-state index is 0.495. The van der Waals surface area contributed by atoms with Crippen LogP contribution in [0.2, 0.25) is 0 Å². The van der Waals surface area contributed by atoms with E-state index in [1.54, 1.807) is 7.05 Å². The van der Waals surface area contributed by atoms with Gasteiger partial charge in [-0.05, 0) is 50.7 Å². The first-order chi connectivity index (χ1) is 11.8. The third kappa shape index (κ3) is 4.34. The molecule has 0 amide bonds. The predicted octanol–water partition coefficient (Wildman–Crippen LogP) is 1.27. The lowest BCUT2D eigenvalue weighted by Crippen LogP contribution is -2.38. The van der Waals surface area contributed by atoms with Crippen LogP contribution < -0.4 is 26.0 Å². The van der Waals surface area contributed by atoms with Crippen LogP contribution >= 0.6 is 12.2 Å². The molecule has 0 radical (unpaired) electrons. The van der Waals surface area contributed by atoms with Gasteiger partial charge in [-0.1, -0.05) is 0 Å². The summed E-state index contributed by atoms with van der Waals surface area (Å²) in [6.45, 7) is 4.02. The van der Waals surface area contributed by atoms with E-state index < -0.39 is 0 Å². The van der Waals surface area contributed by atoms with Crippen molar-refractivity contribution in [3.8, 4) is 0 Å². The van der Waals surface area contributed by atoms with Gasteiger partial charge in [-0.15, -0.1) is 0 Å². The predicted molar refractivity (Wildman–Crippen MR) is 100 cm³/mol. The molecule has 0 aliphatic carbocycles. The lowest BCUT2D eigenvalue weighted by Gasteiger charge is -2.30. The first-order valence-corrected chi connectivity index (χ1v) is 9.17. The number of hydrogen-bond acceptors (Lipinski definition) is 7. The minimum absolute atomic E-state index is 0.495. The van der Waals surface area contributed by atoms with Crippen LogP contribution in [0.4, 0.5) is 17.8 Å². The fourth-order valence-corrected chi connectivity index (χ4v) is 3.11. The highest BCUT2D eigenvalue weighted by Crippen LogP contribution is 2.22. The summed E-state index contributed by atoms with van der Waals surface area (Å²) in [5.74, 6) is 2.01. The van der Waals surface area contributed by atoms with Crippen molar-refractivity contribution in [3.63, 3.8) is 0 Å². The van der Waals surface area contributed by atoms with Crippen molar-refractivity contribution < 1.29 is 0 Å². The van der Waals surface area contributed by atoms with Crippen LogP contribution in [0.15, 0.2) is 0 Å². The summed E-state index contributed by atoms with van der Waals surface area (Å²) in [4.78, 5) is 18.4. The zero-order chi connectivity index (χ0) is 16.8. The summed E-state index contributed by atoms with van der Waals surface area (Å²) >= 11 is 5.09. The average molecular weight is 350 g/mol. The molecule has 2 aliphatic rings. The second kappa shape index (κ2) is 8.27. The number of hydrazine groups is 1. The molecule has 3 heterocycles. The number of rotatable bonds is 4. The molecule has 24 heavy (non-hydrogen) atoms. The highest BCUT2D eigenvalue weighted by molar-refractivity contribution is 7.80. The van der Waals surface area contributed by atoms with Gasteiger partial charge in [0.25, 0.3) is 0 Å². The maximum absolute atomic E-state index is 5.09. The number of piperidine rings is 2. The highest BCUT2D eigenvalue weighted by atomic mass is 32.1. The summed E-state index contributed by atoms with van der Waals surface area (Å²) in [5, 5.41) is 3.35. The molecule has 0 saturated carbocycles. The minimum Gasteiger partial charge on any atom is -0.364 e. The Morgan fingerprint density at radius 2 is 1.33 bits per heavy atom. The smallest absolute Gasteiger partial charge is 0.248 e.